The number of fused-ring (bicyclic) bond motifs is 1. The van der Waals surface area contributed by atoms with Gasteiger partial charge in [-0.2, -0.15) is 18.3 Å². The lowest BCUT2D eigenvalue weighted by molar-refractivity contribution is -0.0900. The third kappa shape index (κ3) is 5.23. The smallest absolute Gasteiger partial charge is 0.346 e. The molecule has 0 bridgehead atoms. The van der Waals surface area contributed by atoms with Crippen LogP contribution in [0.2, 0.25) is 0 Å². The summed E-state index contributed by atoms with van der Waals surface area (Å²) in [4.78, 5) is 23.4. The second-order valence-corrected chi connectivity index (χ2v) is 8.91. The summed E-state index contributed by atoms with van der Waals surface area (Å²) in [6, 6.07) is 4.78. The molecule has 0 radical (unpaired) electrons. The Morgan fingerprint density at radius 3 is 2.75 bits per heavy atom. The molecule has 0 aromatic carbocycles. The number of allylic oxidation sites excluding steroid dienone is 4. The zero-order valence-electron chi connectivity index (χ0n) is 20.2. The molecule has 188 valence electrons. The second-order valence-electron chi connectivity index (χ2n) is 8.91. The van der Waals surface area contributed by atoms with Crippen molar-refractivity contribution < 1.29 is 18.0 Å². The number of carbonyl (C=O) groups is 1. The van der Waals surface area contributed by atoms with E-state index in [-0.39, 0.29) is 11.3 Å². The molecule has 1 aliphatic rings. The molecule has 3 aromatic heterocycles. The Morgan fingerprint density at radius 2 is 2.06 bits per heavy atom. The molecule has 4 heterocycles. The summed E-state index contributed by atoms with van der Waals surface area (Å²) in [6.45, 7) is 8.03. The summed E-state index contributed by atoms with van der Waals surface area (Å²) >= 11 is 0. The highest BCUT2D eigenvalue weighted by Crippen LogP contribution is 2.37. The maximum atomic E-state index is 13.7. The number of rotatable bonds is 6. The Kier molecular flexibility index (Phi) is 7.07. The Morgan fingerprint density at radius 1 is 1.28 bits per heavy atom. The first-order valence-corrected chi connectivity index (χ1v) is 11.4. The molecule has 3 aromatic rings. The van der Waals surface area contributed by atoms with Crippen LogP contribution in [0.5, 0.6) is 0 Å². The fraction of sp³-hybridized carbons (Fsp3) is 0.308. The average molecular weight is 497 g/mol. The van der Waals surface area contributed by atoms with Crippen molar-refractivity contribution in [2.45, 2.75) is 26.1 Å². The monoisotopic (exact) mass is 496 g/mol. The number of hydrogen-bond acceptors (Lipinski definition) is 5. The Labute approximate surface area is 206 Å². The normalized spacial score (nSPS) is 19.3. The van der Waals surface area contributed by atoms with Gasteiger partial charge in [0.2, 0.25) is 0 Å². The number of aryl methyl sites for hydroxylation is 1. The van der Waals surface area contributed by atoms with Crippen LogP contribution >= 0.6 is 0 Å². The van der Waals surface area contributed by atoms with Crippen molar-refractivity contribution in [2.75, 3.05) is 20.1 Å². The van der Waals surface area contributed by atoms with Crippen LogP contribution in [0.15, 0.2) is 66.5 Å². The highest BCUT2D eigenvalue weighted by atomic mass is 19.4. The van der Waals surface area contributed by atoms with Crippen molar-refractivity contribution in [1.29, 1.82) is 0 Å². The van der Waals surface area contributed by atoms with Gasteiger partial charge in [-0.1, -0.05) is 24.8 Å². The van der Waals surface area contributed by atoms with E-state index in [0.29, 0.717) is 24.3 Å². The molecule has 1 saturated heterocycles. The van der Waals surface area contributed by atoms with Crippen molar-refractivity contribution in [2.24, 2.45) is 5.92 Å². The van der Waals surface area contributed by atoms with Gasteiger partial charge in [-0.15, -0.1) is 0 Å². The molecule has 2 N–H and O–H groups in total. The first-order valence-electron chi connectivity index (χ1n) is 11.4. The van der Waals surface area contributed by atoms with Crippen molar-refractivity contribution in [1.82, 2.24) is 30.4 Å². The minimum absolute atomic E-state index is 0.0514. The molecular formula is C26H27F3N6O. The number of alkyl halides is 3. The number of nitrogens with one attached hydrogen (secondary N) is 2. The average Bonchev–Trinajstić information content (AvgIpc) is 3.41. The van der Waals surface area contributed by atoms with E-state index in [1.807, 2.05) is 24.0 Å². The molecule has 1 aliphatic heterocycles. The summed E-state index contributed by atoms with van der Waals surface area (Å²) in [6.07, 6.45) is 2.60. The van der Waals surface area contributed by atoms with E-state index in [9.17, 15) is 18.0 Å². The molecule has 10 heteroatoms. The van der Waals surface area contributed by atoms with E-state index >= 15 is 0 Å². The molecule has 4 rings (SSSR count). The van der Waals surface area contributed by atoms with Gasteiger partial charge in [-0.05, 0) is 44.7 Å². The number of amides is 1. The maximum Gasteiger partial charge on any atom is 0.416 e. The first-order chi connectivity index (χ1) is 17.1. The van der Waals surface area contributed by atoms with Gasteiger partial charge in [0.25, 0.3) is 5.91 Å². The summed E-state index contributed by atoms with van der Waals surface area (Å²) in [5.74, 6) is -1.08. The van der Waals surface area contributed by atoms with Gasteiger partial charge in [0.1, 0.15) is 11.4 Å². The lowest BCUT2D eigenvalue weighted by Crippen LogP contribution is -2.41. The van der Waals surface area contributed by atoms with E-state index in [4.69, 9.17) is 0 Å². The number of likely N-dealkylation sites (tertiary alicyclic amines) is 1. The van der Waals surface area contributed by atoms with Crippen molar-refractivity contribution in [3.05, 3.63) is 77.9 Å². The third-order valence-electron chi connectivity index (χ3n) is 6.22. The molecule has 2 atom stereocenters. The van der Waals surface area contributed by atoms with Crippen molar-refractivity contribution >= 4 is 16.8 Å². The predicted octanol–water partition coefficient (Wildman–Crippen LogP) is 4.61. The van der Waals surface area contributed by atoms with Gasteiger partial charge in [-0.3, -0.25) is 19.9 Å². The maximum absolute atomic E-state index is 13.7. The highest BCUT2D eigenvalue weighted by molar-refractivity contribution is 5.98. The summed E-state index contributed by atoms with van der Waals surface area (Å²) in [5, 5.41) is 10.9. The molecule has 7 nitrogen and oxygen atoms in total. The first kappa shape index (κ1) is 25.3. The summed E-state index contributed by atoms with van der Waals surface area (Å²) in [5.41, 5.74) is 2.33. The zero-order valence-corrected chi connectivity index (χ0v) is 20.2. The Hall–Kier alpha value is -3.79. The predicted molar refractivity (Wildman–Crippen MR) is 132 cm³/mol. The van der Waals surface area contributed by atoms with Crippen LogP contribution in [-0.4, -0.2) is 63.3 Å². The molecule has 0 aliphatic carbocycles. The molecule has 0 spiro atoms. The number of carbonyl (C=O) groups excluding carboxylic acids is 1. The Balaban J connectivity index is 1.56. The van der Waals surface area contributed by atoms with Crippen LogP contribution in [0.3, 0.4) is 0 Å². The minimum atomic E-state index is -4.55. The SMILES string of the molecule is C=C(/C(=C\C=C/C)C(F)(F)F)[C@@H]1CN(C)C[C@H]1NC(=O)c1cc2[nH]nc(-c3ccnc(C)c3)c2cn1. The number of nitrogens with zero attached hydrogens (tertiary/aromatic N) is 4. The van der Waals surface area contributed by atoms with E-state index < -0.39 is 29.6 Å². The van der Waals surface area contributed by atoms with Crippen LogP contribution < -0.4 is 5.32 Å². The molecule has 0 unspecified atom stereocenters. The quantitative estimate of drug-likeness (QED) is 0.487. The van der Waals surface area contributed by atoms with Crippen LogP contribution in [-0.2, 0) is 0 Å². The molecule has 36 heavy (non-hydrogen) atoms. The van der Waals surface area contributed by atoms with Crippen LogP contribution in [0.25, 0.3) is 22.2 Å². The van der Waals surface area contributed by atoms with Crippen LogP contribution in [0.4, 0.5) is 13.2 Å². The number of halogens is 3. The van der Waals surface area contributed by atoms with Crippen molar-refractivity contribution in [3.8, 4) is 11.3 Å². The lowest BCUT2D eigenvalue weighted by Gasteiger charge is -2.24. The second kappa shape index (κ2) is 10.1. The molecule has 1 fully saturated rings. The van der Waals surface area contributed by atoms with Crippen LogP contribution in [0, 0.1) is 12.8 Å². The molecule has 1 amide bonds. The summed E-state index contributed by atoms with van der Waals surface area (Å²) < 4.78 is 41.1. The van der Waals surface area contributed by atoms with Gasteiger partial charge < -0.3 is 10.2 Å². The fourth-order valence-corrected chi connectivity index (χ4v) is 4.47. The van der Waals surface area contributed by atoms with E-state index in [0.717, 1.165) is 22.7 Å². The lowest BCUT2D eigenvalue weighted by atomic mass is 9.89. The van der Waals surface area contributed by atoms with Gasteiger partial charge in [0.05, 0.1) is 11.1 Å². The van der Waals surface area contributed by atoms with E-state index in [2.05, 4.69) is 32.1 Å². The topological polar surface area (TPSA) is 86.8 Å². The number of aromatic amines is 1. The number of hydrogen-bond donors (Lipinski definition) is 2. The van der Waals surface area contributed by atoms with Gasteiger partial charge in [0.15, 0.2) is 0 Å². The van der Waals surface area contributed by atoms with Gasteiger partial charge in [-0.25, -0.2) is 0 Å². The standard InChI is InChI=1S/C26H27F3N6O/c1-5-6-7-20(26(27,28)29)16(3)19-13-35(4)14-23(19)32-25(36)22-11-21-18(12-31-22)24(34-33-21)17-8-9-30-15(2)10-17/h5-12,19,23H,3,13-14H2,1-2,4H3,(H,32,36)(H,33,34)/b6-5-,20-7+/t19-,23+/m0/s1. The van der Waals surface area contributed by atoms with Crippen molar-refractivity contribution in [3.63, 3.8) is 0 Å². The minimum Gasteiger partial charge on any atom is -0.346 e. The van der Waals surface area contributed by atoms with Crippen LogP contribution in [0.1, 0.15) is 23.1 Å². The Bertz CT molecular complexity index is 1360. The largest absolute Gasteiger partial charge is 0.416 e. The van der Waals surface area contributed by atoms with E-state index in [1.54, 1.807) is 32.4 Å². The molecular weight excluding hydrogens is 469 g/mol. The number of aromatic nitrogens is 4. The number of likely N-dealkylation sites (N-methyl/N-ethyl adjacent to an activating group) is 1. The zero-order chi connectivity index (χ0) is 26.0. The fourth-order valence-electron chi connectivity index (χ4n) is 4.47. The highest BCUT2D eigenvalue weighted by Gasteiger charge is 2.42. The number of pyridine rings is 2. The summed E-state index contributed by atoms with van der Waals surface area (Å²) in [7, 11) is 1.80. The van der Waals surface area contributed by atoms with E-state index in [1.165, 1.54) is 12.2 Å². The van der Waals surface area contributed by atoms with Gasteiger partial charge in [0, 0.05) is 54.1 Å². The number of H-pyrrole nitrogens is 1. The molecule has 0 saturated carbocycles. The third-order valence-corrected chi connectivity index (χ3v) is 6.22. The van der Waals surface area contributed by atoms with Gasteiger partial charge >= 0.3 is 6.18 Å².